The molecule has 0 aliphatic heterocycles. The topological polar surface area (TPSA) is 113 Å². The molecule has 2 heterocycles. The van der Waals surface area contributed by atoms with Crippen molar-refractivity contribution in [3.8, 4) is 11.5 Å². The molecule has 4 N–H and O–H groups in total. The fourth-order valence-corrected chi connectivity index (χ4v) is 3.56. The van der Waals surface area contributed by atoms with Gasteiger partial charge in [0.1, 0.15) is 11.0 Å². The number of furan rings is 1. The SMILES string of the molecule is Br.Br.CCN(CC)Cc1sc(N)nc1-c1occc1P(=O)(O)O. The number of aromatic nitrogens is 1. The second-order valence-electron chi connectivity index (χ2n) is 4.46. The molecule has 132 valence electrons. The Hall–Kier alpha value is -0.220. The van der Waals surface area contributed by atoms with Crippen LogP contribution in [0.2, 0.25) is 0 Å². The normalized spacial score (nSPS) is 11.2. The zero-order valence-corrected chi connectivity index (χ0v) is 17.8. The van der Waals surface area contributed by atoms with Crippen molar-refractivity contribution in [1.82, 2.24) is 9.88 Å². The van der Waals surface area contributed by atoms with Gasteiger partial charge in [0, 0.05) is 6.54 Å². The van der Waals surface area contributed by atoms with Crippen molar-refractivity contribution < 1.29 is 18.8 Å². The predicted molar refractivity (Wildman–Crippen MR) is 103 cm³/mol. The fraction of sp³-hybridized carbons (Fsp3) is 0.417. The average molecular weight is 493 g/mol. The molecule has 23 heavy (non-hydrogen) atoms. The number of nitrogens with zero attached hydrogens (tertiary/aromatic N) is 2. The monoisotopic (exact) mass is 491 g/mol. The van der Waals surface area contributed by atoms with Crippen LogP contribution in [0.5, 0.6) is 0 Å². The number of rotatable bonds is 6. The molecule has 2 rings (SSSR count). The van der Waals surface area contributed by atoms with E-state index in [4.69, 9.17) is 10.2 Å². The molecule has 0 radical (unpaired) electrons. The molecule has 0 aliphatic rings. The van der Waals surface area contributed by atoms with Crippen molar-refractivity contribution >= 4 is 63.3 Å². The maximum atomic E-state index is 11.5. The van der Waals surface area contributed by atoms with E-state index in [0.29, 0.717) is 17.4 Å². The second kappa shape index (κ2) is 9.31. The van der Waals surface area contributed by atoms with Gasteiger partial charge in [0.25, 0.3) is 0 Å². The summed E-state index contributed by atoms with van der Waals surface area (Å²) in [6.45, 7) is 6.41. The molecule has 0 saturated carbocycles. The van der Waals surface area contributed by atoms with E-state index in [2.05, 4.69) is 9.88 Å². The van der Waals surface area contributed by atoms with Crippen LogP contribution >= 0.6 is 52.9 Å². The van der Waals surface area contributed by atoms with Crippen molar-refractivity contribution in [2.45, 2.75) is 20.4 Å². The van der Waals surface area contributed by atoms with E-state index in [1.165, 1.54) is 23.7 Å². The van der Waals surface area contributed by atoms with Gasteiger partial charge in [0.05, 0.1) is 11.1 Å². The van der Waals surface area contributed by atoms with Crippen LogP contribution in [0.1, 0.15) is 18.7 Å². The molecule has 2 aromatic heterocycles. The highest BCUT2D eigenvalue weighted by molar-refractivity contribution is 8.93. The standard InChI is InChI=1S/C12H18N3O4PS.2BrH/c1-3-15(4-2)7-9-10(14-12(13)21-9)11-8(5-6-19-11)20(16,17)18;;/h5-6H,3-4,7H2,1-2H3,(H2,13,14)(H2,16,17,18);2*1H. The Morgan fingerprint density at radius 3 is 2.48 bits per heavy atom. The van der Waals surface area contributed by atoms with Gasteiger partial charge in [0.2, 0.25) is 0 Å². The van der Waals surface area contributed by atoms with Gasteiger partial charge < -0.3 is 19.9 Å². The number of hydrogen-bond donors (Lipinski definition) is 3. The molecule has 0 atom stereocenters. The van der Waals surface area contributed by atoms with Crippen LogP contribution in [0.4, 0.5) is 5.13 Å². The third-order valence-corrected chi connectivity index (χ3v) is 5.00. The van der Waals surface area contributed by atoms with E-state index >= 15 is 0 Å². The first-order valence-corrected chi connectivity index (χ1v) is 8.91. The van der Waals surface area contributed by atoms with Crippen molar-refractivity contribution in [2.24, 2.45) is 0 Å². The summed E-state index contributed by atoms with van der Waals surface area (Å²) < 4.78 is 16.8. The van der Waals surface area contributed by atoms with Crippen molar-refractivity contribution in [3.63, 3.8) is 0 Å². The lowest BCUT2D eigenvalue weighted by Crippen LogP contribution is -2.22. The summed E-state index contributed by atoms with van der Waals surface area (Å²) in [5, 5.41) is 0.189. The first kappa shape index (κ1) is 22.8. The van der Waals surface area contributed by atoms with E-state index in [1.807, 2.05) is 13.8 Å². The highest BCUT2D eigenvalue weighted by Gasteiger charge is 2.28. The third kappa shape index (κ3) is 5.38. The summed E-state index contributed by atoms with van der Waals surface area (Å²) in [4.78, 5) is 25.9. The molecule has 0 aromatic carbocycles. The van der Waals surface area contributed by atoms with E-state index in [0.717, 1.165) is 18.0 Å². The van der Waals surface area contributed by atoms with Crippen molar-refractivity contribution in [2.75, 3.05) is 18.8 Å². The predicted octanol–water partition coefficient (Wildman–Crippen LogP) is 2.79. The number of nitrogens with two attached hydrogens (primary N) is 1. The molecule has 0 amide bonds. The molecule has 0 unspecified atom stereocenters. The first-order chi connectivity index (χ1) is 9.86. The van der Waals surface area contributed by atoms with Crippen LogP contribution < -0.4 is 11.0 Å². The van der Waals surface area contributed by atoms with Gasteiger partial charge in [-0.3, -0.25) is 9.46 Å². The average Bonchev–Trinajstić information content (AvgIpc) is 3.01. The minimum absolute atomic E-state index is 0. The Bertz CT molecular complexity index is 669. The quantitative estimate of drug-likeness (QED) is 0.531. The van der Waals surface area contributed by atoms with Gasteiger partial charge in [0.15, 0.2) is 10.9 Å². The molecular weight excluding hydrogens is 473 g/mol. The molecule has 0 spiro atoms. The van der Waals surface area contributed by atoms with E-state index in [9.17, 15) is 14.4 Å². The van der Waals surface area contributed by atoms with E-state index in [-0.39, 0.29) is 45.0 Å². The van der Waals surface area contributed by atoms with Crippen LogP contribution in [0.25, 0.3) is 11.5 Å². The second-order valence-corrected chi connectivity index (χ2v) is 7.15. The number of hydrogen-bond acceptors (Lipinski definition) is 6. The molecule has 0 bridgehead atoms. The maximum absolute atomic E-state index is 11.5. The van der Waals surface area contributed by atoms with Crippen molar-refractivity contribution in [1.29, 1.82) is 0 Å². The Balaban J connectivity index is 0.00000242. The third-order valence-electron chi connectivity index (χ3n) is 3.15. The Kier molecular flexibility index (Phi) is 9.22. The summed E-state index contributed by atoms with van der Waals surface area (Å²) in [6.07, 6.45) is 1.25. The number of nitrogen functional groups attached to an aromatic ring is 1. The Labute approximate surface area is 159 Å². The summed E-state index contributed by atoms with van der Waals surface area (Å²) in [5.41, 5.74) is 6.17. The molecule has 2 aromatic rings. The molecule has 0 fully saturated rings. The summed E-state index contributed by atoms with van der Waals surface area (Å²) in [7, 11) is -4.42. The number of halogens is 2. The number of thiazole rings is 1. The fourth-order valence-electron chi connectivity index (χ4n) is 2.01. The van der Waals surface area contributed by atoms with Crippen LogP contribution in [0, 0.1) is 0 Å². The van der Waals surface area contributed by atoms with Crippen LogP contribution in [-0.4, -0.2) is 32.8 Å². The van der Waals surface area contributed by atoms with Gasteiger partial charge in [-0.2, -0.15) is 0 Å². The van der Waals surface area contributed by atoms with Crippen LogP contribution in [-0.2, 0) is 11.1 Å². The highest BCUT2D eigenvalue weighted by atomic mass is 79.9. The zero-order chi connectivity index (χ0) is 15.6. The minimum Gasteiger partial charge on any atom is -0.462 e. The largest absolute Gasteiger partial charge is 0.462 e. The molecule has 7 nitrogen and oxygen atoms in total. The van der Waals surface area contributed by atoms with Crippen LogP contribution in [0.3, 0.4) is 0 Å². The van der Waals surface area contributed by atoms with Crippen molar-refractivity contribution in [3.05, 3.63) is 17.2 Å². The van der Waals surface area contributed by atoms with Crippen LogP contribution in [0.15, 0.2) is 16.7 Å². The van der Waals surface area contributed by atoms with E-state index < -0.39 is 7.60 Å². The first-order valence-electron chi connectivity index (χ1n) is 6.48. The maximum Gasteiger partial charge on any atom is 0.360 e. The summed E-state index contributed by atoms with van der Waals surface area (Å²) in [5.74, 6) is 0.0958. The lowest BCUT2D eigenvalue weighted by atomic mass is 10.2. The lowest BCUT2D eigenvalue weighted by molar-refractivity contribution is 0.298. The van der Waals surface area contributed by atoms with Gasteiger partial charge >= 0.3 is 7.60 Å². The molecular formula is C12H20Br2N3O4PS. The summed E-state index contributed by atoms with van der Waals surface area (Å²) >= 11 is 1.30. The summed E-state index contributed by atoms with van der Waals surface area (Å²) in [6, 6.07) is 1.27. The Morgan fingerprint density at radius 2 is 1.96 bits per heavy atom. The van der Waals surface area contributed by atoms with Gasteiger partial charge in [-0.15, -0.1) is 45.3 Å². The minimum atomic E-state index is -4.42. The molecule has 0 saturated heterocycles. The van der Waals surface area contributed by atoms with Gasteiger partial charge in [-0.1, -0.05) is 13.8 Å². The van der Waals surface area contributed by atoms with E-state index in [1.54, 1.807) is 0 Å². The lowest BCUT2D eigenvalue weighted by Gasteiger charge is -2.17. The molecule has 0 aliphatic carbocycles. The smallest absolute Gasteiger partial charge is 0.360 e. The Morgan fingerprint density at radius 1 is 1.35 bits per heavy atom. The highest BCUT2D eigenvalue weighted by Crippen LogP contribution is 2.40. The van der Waals surface area contributed by atoms with Gasteiger partial charge in [-0.25, -0.2) is 4.98 Å². The molecule has 11 heteroatoms. The van der Waals surface area contributed by atoms with Gasteiger partial charge in [-0.05, 0) is 19.2 Å². The number of anilines is 1. The zero-order valence-electron chi connectivity index (χ0n) is 12.6.